The quantitative estimate of drug-likeness (QED) is 0.786. The van der Waals surface area contributed by atoms with Crippen molar-refractivity contribution in [1.82, 2.24) is 0 Å². The first-order valence-corrected chi connectivity index (χ1v) is 4.52. The minimum atomic E-state index is -1.13. The van der Waals surface area contributed by atoms with Gasteiger partial charge in [-0.1, -0.05) is 0 Å². The van der Waals surface area contributed by atoms with Crippen LogP contribution in [0.3, 0.4) is 0 Å². The number of hydrogen-bond donors (Lipinski definition) is 1. The Labute approximate surface area is 91.0 Å². The van der Waals surface area contributed by atoms with Crippen molar-refractivity contribution in [2.75, 3.05) is 13.3 Å². The Kier molecular flexibility index (Phi) is 4.44. The van der Waals surface area contributed by atoms with Gasteiger partial charge in [-0.2, -0.15) is 0 Å². The third kappa shape index (κ3) is 4.08. The molecule has 0 spiro atoms. The highest BCUT2D eigenvalue weighted by molar-refractivity contribution is 5.85. The van der Waals surface area contributed by atoms with Crippen LogP contribution in [-0.4, -0.2) is 24.4 Å². The number of ether oxygens (including phenoxy) is 1. The predicted molar refractivity (Wildman–Crippen MR) is 54.5 cm³/mol. The summed E-state index contributed by atoms with van der Waals surface area (Å²) in [6, 6.07) is 3.69. The number of hydrogen-bond acceptors (Lipinski definition) is 2. The Morgan fingerprint density at radius 3 is 2.81 bits per heavy atom. The van der Waals surface area contributed by atoms with Crippen LogP contribution in [0.15, 0.2) is 24.3 Å². The third-order valence-electron chi connectivity index (χ3n) is 1.66. The zero-order chi connectivity index (χ0) is 12.0. The highest BCUT2D eigenvalue weighted by Crippen LogP contribution is 2.17. The summed E-state index contributed by atoms with van der Waals surface area (Å²) in [7, 11) is 0. The van der Waals surface area contributed by atoms with E-state index >= 15 is 0 Å². The van der Waals surface area contributed by atoms with Crippen molar-refractivity contribution in [1.29, 1.82) is 0 Å². The monoisotopic (exact) mass is 228 g/mol. The van der Waals surface area contributed by atoms with Gasteiger partial charge in [0.15, 0.2) is 0 Å². The third-order valence-corrected chi connectivity index (χ3v) is 1.66. The van der Waals surface area contributed by atoms with Crippen molar-refractivity contribution in [3.63, 3.8) is 0 Å². The van der Waals surface area contributed by atoms with Crippen molar-refractivity contribution in [2.24, 2.45) is 0 Å². The molecule has 3 nitrogen and oxygen atoms in total. The largest absolute Gasteiger partial charge is 0.491 e. The van der Waals surface area contributed by atoms with Crippen LogP contribution in [0.25, 0.3) is 6.08 Å². The van der Waals surface area contributed by atoms with E-state index in [-0.39, 0.29) is 12.4 Å². The Morgan fingerprint density at radius 2 is 2.19 bits per heavy atom. The summed E-state index contributed by atoms with van der Waals surface area (Å²) in [4.78, 5) is 10.3. The van der Waals surface area contributed by atoms with Crippen molar-refractivity contribution >= 4 is 12.0 Å². The van der Waals surface area contributed by atoms with E-state index in [1.165, 1.54) is 12.1 Å². The van der Waals surface area contributed by atoms with Gasteiger partial charge in [0, 0.05) is 12.1 Å². The topological polar surface area (TPSA) is 46.5 Å². The first-order valence-electron chi connectivity index (χ1n) is 4.52. The maximum absolute atomic E-state index is 13.0. The average molecular weight is 228 g/mol. The lowest BCUT2D eigenvalue weighted by Crippen LogP contribution is -1.99. The molecule has 1 N–H and O–H groups in total. The molecule has 1 aromatic carbocycles. The van der Waals surface area contributed by atoms with E-state index in [2.05, 4.69) is 0 Å². The van der Waals surface area contributed by atoms with E-state index in [0.717, 1.165) is 18.2 Å². The van der Waals surface area contributed by atoms with Gasteiger partial charge in [-0.05, 0) is 23.8 Å². The van der Waals surface area contributed by atoms with Gasteiger partial charge in [0.25, 0.3) is 0 Å². The summed E-state index contributed by atoms with van der Waals surface area (Å²) < 4.78 is 29.7. The van der Waals surface area contributed by atoms with E-state index in [0.29, 0.717) is 5.56 Å². The number of rotatable bonds is 5. The molecule has 0 unspecified atom stereocenters. The number of aliphatic carboxylic acids is 1. The van der Waals surface area contributed by atoms with Crippen LogP contribution >= 0.6 is 0 Å². The van der Waals surface area contributed by atoms with Gasteiger partial charge in [0.2, 0.25) is 0 Å². The molecular weight excluding hydrogens is 218 g/mol. The van der Waals surface area contributed by atoms with Crippen molar-refractivity contribution in [3.8, 4) is 5.75 Å². The first kappa shape index (κ1) is 12.2. The first-order chi connectivity index (χ1) is 7.61. The summed E-state index contributed by atoms with van der Waals surface area (Å²) >= 11 is 0. The Bertz CT molecular complexity index is 402. The molecule has 0 aliphatic rings. The maximum Gasteiger partial charge on any atom is 0.328 e. The molecule has 0 atom stereocenters. The van der Waals surface area contributed by atoms with Gasteiger partial charge in [-0.25, -0.2) is 13.6 Å². The van der Waals surface area contributed by atoms with E-state index in [1.807, 2.05) is 0 Å². The lowest BCUT2D eigenvalue weighted by atomic mass is 10.2. The van der Waals surface area contributed by atoms with Crippen LogP contribution in [0.2, 0.25) is 0 Å². The molecule has 5 heteroatoms. The molecule has 1 aromatic rings. The highest BCUT2D eigenvalue weighted by atomic mass is 19.1. The zero-order valence-electron chi connectivity index (χ0n) is 8.32. The van der Waals surface area contributed by atoms with Crippen LogP contribution in [0.1, 0.15) is 5.56 Å². The van der Waals surface area contributed by atoms with Crippen LogP contribution in [-0.2, 0) is 4.79 Å². The highest BCUT2D eigenvalue weighted by Gasteiger charge is 2.00. The van der Waals surface area contributed by atoms with Gasteiger partial charge < -0.3 is 9.84 Å². The summed E-state index contributed by atoms with van der Waals surface area (Å²) in [5.41, 5.74) is 0.344. The molecule has 0 aliphatic carbocycles. The molecule has 0 aliphatic heterocycles. The molecule has 0 heterocycles. The Balaban J connectivity index is 2.85. The number of alkyl halides is 1. The van der Waals surface area contributed by atoms with Gasteiger partial charge in [-0.3, -0.25) is 0 Å². The molecule has 16 heavy (non-hydrogen) atoms. The van der Waals surface area contributed by atoms with Crippen LogP contribution in [0.4, 0.5) is 8.78 Å². The number of benzene rings is 1. The second-order valence-electron chi connectivity index (χ2n) is 2.93. The second kappa shape index (κ2) is 5.85. The molecule has 1 rings (SSSR count). The molecule has 0 amide bonds. The molecule has 0 saturated carbocycles. The minimum Gasteiger partial charge on any atom is -0.491 e. The Hall–Kier alpha value is -1.91. The lowest BCUT2D eigenvalue weighted by Gasteiger charge is -2.04. The van der Waals surface area contributed by atoms with Crippen molar-refractivity contribution in [2.45, 2.75) is 0 Å². The van der Waals surface area contributed by atoms with Crippen LogP contribution < -0.4 is 4.74 Å². The van der Waals surface area contributed by atoms with Gasteiger partial charge in [-0.15, -0.1) is 0 Å². The fourth-order valence-electron chi connectivity index (χ4n) is 1.09. The number of carboxylic acid groups (broad SMARTS) is 1. The van der Waals surface area contributed by atoms with Crippen molar-refractivity contribution < 1.29 is 23.4 Å². The number of carbonyl (C=O) groups is 1. The molecule has 0 aromatic heterocycles. The molecule has 0 fully saturated rings. The number of carboxylic acids is 1. The van der Waals surface area contributed by atoms with E-state index in [1.54, 1.807) is 0 Å². The normalized spacial score (nSPS) is 10.6. The minimum absolute atomic E-state index is 0.161. The molecule has 0 bridgehead atoms. The second-order valence-corrected chi connectivity index (χ2v) is 2.93. The summed E-state index contributed by atoms with van der Waals surface area (Å²) in [6.07, 6.45) is 2.11. The summed E-state index contributed by atoms with van der Waals surface area (Å²) in [6.45, 7) is -0.831. The number of halogens is 2. The summed E-state index contributed by atoms with van der Waals surface area (Å²) in [5, 5.41) is 8.39. The molecule has 86 valence electrons. The fraction of sp³-hybridized carbons (Fsp3) is 0.182. The molecular formula is C11H10F2O3. The average Bonchev–Trinajstić information content (AvgIpc) is 2.23. The predicted octanol–water partition coefficient (Wildman–Crippen LogP) is 2.27. The SMILES string of the molecule is O=C(O)/C=C/c1cc(F)cc(OCCF)c1. The molecule has 0 radical (unpaired) electrons. The Morgan fingerprint density at radius 1 is 1.44 bits per heavy atom. The van der Waals surface area contributed by atoms with E-state index < -0.39 is 18.5 Å². The van der Waals surface area contributed by atoms with Crippen LogP contribution in [0.5, 0.6) is 5.75 Å². The summed E-state index contributed by atoms with van der Waals surface area (Å²) in [5.74, 6) is -1.53. The van der Waals surface area contributed by atoms with Crippen LogP contribution in [0, 0.1) is 5.82 Å². The van der Waals surface area contributed by atoms with Gasteiger partial charge >= 0.3 is 5.97 Å². The standard InChI is InChI=1S/C11H10F2O3/c12-3-4-16-10-6-8(1-2-11(14)15)5-9(13)7-10/h1-2,5-7H,3-4H2,(H,14,15)/b2-1+. The smallest absolute Gasteiger partial charge is 0.328 e. The lowest BCUT2D eigenvalue weighted by molar-refractivity contribution is -0.131. The van der Waals surface area contributed by atoms with E-state index in [4.69, 9.17) is 9.84 Å². The van der Waals surface area contributed by atoms with Crippen molar-refractivity contribution in [3.05, 3.63) is 35.7 Å². The zero-order valence-corrected chi connectivity index (χ0v) is 8.32. The maximum atomic E-state index is 13.0. The molecule has 0 saturated heterocycles. The van der Waals surface area contributed by atoms with E-state index in [9.17, 15) is 13.6 Å². The van der Waals surface area contributed by atoms with Gasteiger partial charge in [0.1, 0.15) is 24.8 Å². The fourth-order valence-corrected chi connectivity index (χ4v) is 1.09. The van der Waals surface area contributed by atoms with Gasteiger partial charge in [0.05, 0.1) is 0 Å².